The number of benzene rings is 2. The number of hydrogen-bond acceptors (Lipinski definition) is 5. The molecule has 3 amide bonds. The van der Waals surface area contributed by atoms with Crippen molar-refractivity contribution in [2.75, 3.05) is 26.2 Å². The van der Waals surface area contributed by atoms with E-state index in [0.717, 1.165) is 28.7 Å². The first kappa shape index (κ1) is 37.4. The minimum Gasteiger partial charge on any atom is -0.465 e. The van der Waals surface area contributed by atoms with Crippen molar-refractivity contribution in [3.8, 4) is 11.3 Å². The highest BCUT2D eigenvalue weighted by Gasteiger charge is 2.60. The van der Waals surface area contributed by atoms with Gasteiger partial charge in [0.1, 0.15) is 29.7 Å². The van der Waals surface area contributed by atoms with E-state index in [2.05, 4.69) is 39.2 Å². The van der Waals surface area contributed by atoms with E-state index in [1.165, 1.54) is 4.90 Å². The zero-order valence-electron chi connectivity index (χ0n) is 29.5. The van der Waals surface area contributed by atoms with E-state index in [1.807, 2.05) is 30.3 Å². The Bertz CT molecular complexity index is 1680. The van der Waals surface area contributed by atoms with Gasteiger partial charge in [0.05, 0.1) is 30.5 Å². The van der Waals surface area contributed by atoms with Crippen LogP contribution in [0.2, 0.25) is 18.1 Å². The number of halogens is 3. The average Bonchev–Trinajstić information content (AvgIpc) is 3.53. The molecule has 14 heteroatoms. The van der Waals surface area contributed by atoms with Crippen LogP contribution in [0, 0.1) is 17.6 Å². The Hall–Kier alpha value is -3.88. The Labute approximate surface area is 292 Å². The van der Waals surface area contributed by atoms with E-state index in [0.29, 0.717) is 18.7 Å². The van der Waals surface area contributed by atoms with Gasteiger partial charge < -0.3 is 34.3 Å². The number of hydrogen-bond donors (Lipinski definition) is 3. The minimum atomic E-state index is -2.55. The van der Waals surface area contributed by atoms with Gasteiger partial charge in [0.25, 0.3) is 0 Å². The molecule has 3 aromatic rings. The monoisotopic (exact) mass is 715 g/mol. The Morgan fingerprint density at radius 2 is 1.82 bits per heavy atom. The first-order valence-corrected chi connectivity index (χ1v) is 19.9. The van der Waals surface area contributed by atoms with Crippen molar-refractivity contribution in [3.05, 3.63) is 77.8 Å². The van der Waals surface area contributed by atoms with Crippen molar-refractivity contribution in [3.63, 3.8) is 0 Å². The molecule has 1 saturated carbocycles. The molecule has 0 radical (unpaired) electrons. The molecule has 1 aromatic heterocycles. The van der Waals surface area contributed by atoms with Gasteiger partial charge >= 0.3 is 12.1 Å². The maximum absolute atomic E-state index is 15.6. The molecule has 5 rings (SSSR count). The third-order valence-corrected chi connectivity index (χ3v) is 14.8. The molecular weight excluding hydrogens is 668 g/mol. The van der Waals surface area contributed by atoms with Crippen LogP contribution in [0.1, 0.15) is 58.0 Å². The maximum Gasteiger partial charge on any atom is 0.407 e. The fourth-order valence-corrected chi connectivity index (χ4v) is 7.95. The molecule has 4 atom stereocenters. The largest absolute Gasteiger partial charge is 0.465 e. The second-order valence-corrected chi connectivity index (χ2v) is 19.9. The highest BCUT2D eigenvalue weighted by Crippen LogP contribution is 2.56. The minimum absolute atomic E-state index is 0.0615. The first-order chi connectivity index (χ1) is 23.4. The van der Waals surface area contributed by atoms with Gasteiger partial charge in [0, 0.05) is 37.3 Å². The smallest absolute Gasteiger partial charge is 0.407 e. The van der Waals surface area contributed by atoms with Crippen LogP contribution in [-0.4, -0.2) is 94.1 Å². The molecule has 1 saturated heterocycles. The van der Waals surface area contributed by atoms with Gasteiger partial charge in [-0.25, -0.2) is 27.7 Å². The number of carbonyl (C=O) groups is 2. The molecule has 272 valence electrons. The lowest BCUT2D eigenvalue weighted by Gasteiger charge is -2.45. The van der Waals surface area contributed by atoms with Crippen LogP contribution < -0.4 is 5.32 Å². The number of alkyl halides is 1. The van der Waals surface area contributed by atoms with Crippen molar-refractivity contribution in [2.45, 2.75) is 89.1 Å². The molecule has 2 heterocycles. The quantitative estimate of drug-likeness (QED) is 0.177. The van der Waals surface area contributed by atoms with E-state index >= 15 is 8.78 Å². The number of imidazole rings is 1. The topological polar surface area (TPSA) is 120 Å². The molecule has 2 aromatic carbocycles. The Morgan fingerprint density at radius 1 is 1.14 bits per heavy atom. The van der Waals surface area contributed by atoms with Gasteiger partial charge in [-0.1, -0.05) is 51.1 Å². The van der Waals surface area contributed by atoms with Crippen molar-refractivity contribution in [1.82, 2.24) is 24.7 Å². The predicted octanol–water partition coefficient (Wildman–Crippen LogP) is 6.81. The zero-order chi connectivity index (χ0) is 36.6. The summed E-state index contributed by atoms with van der Waals surface area (Å²) in [7, 11) is -2.55. The lowest BCUT2D eigenvalue weighted by Crippen LogP contribution is -2.55. The highest BCUT2D eigenvalue weighted by atomic mass is 28.4. The van der Waals surface area contributed by atoms with E-state index in [9.17, 15) is 24.2 Å². The van der Waals surface area contributed by atoms with Crippen molar-refractivity contribution >= 4 is 20.4 Å². The summed E-state index contributed by atoms with van der Waals surface area (Å²) >= 11 is 0. The Morgan fingerprint density at radius 3 is 2.40 bits per heavy atom. The molecule has 0 bridgehead atoms. The van der Waals surface area contributed by atoms with E-state index in [1.54, 1.807) is 17.7 Å². The molecule has 50 heavy (non-hydrogen) atoms. The van der Waals surface area contributed by atoms with Gasteiger partial charge in [-0.05, 0) is 61.7 Å². The average molecular weight is 716 g/mol. The predicted molar refractivity (Wildman–Crippen MR) is 186 cm³/mol. The number of likely N-dealkylation sites (tertiary alicyclic amines) is 1. The van der Waals surface area contributed by atoms with E-state index in [4.69, 9.17) is 9.41 Å². The third-order valence-electron chi connectivity index (χ3n) is 10.2. The summed E-state index contributed by atoms with van der Waals surface area (Å²) in [6, 6.07) is 10.4. The van der Waals surface area contributed by atoms with Gasteiger partial charge in [-0.2, -0.15) is 0 Å². The number of aliphatic hydroxyl groups is 1. The summed E-state index contributed by atoms with van der Waals surface area (Å²) in [4.78, 5) is 33.6. The number of rotatable bonds is 12. The molecule has 10 nitrogen and oxygen atoms in total. The number of nitrogens with zero attached hydrogens (tertiary/aromatic N) is 4. The normalized spacial score (nSPS) is 20.0. The van der Waals surface area contributed by atoms with Crippen LogP contribution in [0.4, 0.5) is 22.8 Å². The fraction of sp³-hybridized carbons (Fsp3) is 0.528. The van der Waals surface area contributed by atoms with Crippen LogP contribution in [-0.2, 0) is 11.0 Å². The van der Waals surface area contributed by atoms with E-state index in [-0.39, 0.29) is 49.1 Å². The second kappa shape index (κ2) is 14.4. The van der Waals surface area contributed by atoms with Gasteiger partial charge in [0.15, 0.2) is 8.32 Å². The number of carbonyl (C=O) groups excluding carboxylic acids is 1. The summed E-state index contributed by atoms with van der Waals surface area (Å²) in [6.45, 7) is 11.4. The Kier molecular flexibility index (Phi) is 10.8. The summed E-state index contributed by atoms with van der Waals surface area (Å²) in [5, 5.41) is 22.1. The summed E-state index contributed by atoms with van der Waals surface area (Å²) in [5.41, 5.74) is -0.00925. The first-order valence-electron chi connectivity index (χ1n) is 17.0. The molecule has 3 unspecified atom stereocenters. The lowest BCUT2D eigenvalue weighted by molar-refractivity contribution is 0.0361. The number of aromatic nitrogens is 2. The van der Waals surface area contributed by atoms with Crippen LogP contribution in [0.3, 0.4) is 0 Å². The van der Waals surface area contributed by atoms with Gasteiger partial charge in [0.2, 0.25) is 0 Å². The number of nitrogens with one attached hydrogen (secondary N) is 1. The molecule has 1 aliphatic heterocycles. The lowest BCUT2D eigenvalue weighted by atomic mass is 10.0. The summed E-state index contributed by atoms with van der Waals surface area (Å²) in [6.07, 6.45) is -0.0968. The van der Waals surface area contributed by atoms with Crippen LogP contribution >= 0.6 is 0 Å². The maximum atomic E-state index is 15.6. The van der Waals surface area contributed by atoms with E-state index < -0.39 is 61.9 Å². The molecular formula is C36H48F3N5O5Si. The van der Waals surface area contributed by atoms with Crippen molar-refractivity contribution in [1.29, 1.82) is 0 Å². The van der Waals surface area contributed by atoms with Gasteiger partial charge in [-0.3, -0.25) is 0 Å². The van der Waals surface area contributed by atoms with Crippen molar-refractivity contribution < 1.29 is 37.4 Å². The molecule has 3 N–H and O–H groups in total. The van der Waals surface area contributed by atoms with Gasteiger partial charge in [-0.15, -0.1) is 0 Å². The zero-order valence-corrected chi connectivity index (χ0v) is 30.5. The van der Waals surface area contributed by atoms with Crippen molar-refractivity contribution in [2.24, 2.45) is 5.92 Å². The Balaban J connectivity index is 1.72. The molecule has 2 fully saturated rings. The number of aliphatic hydroxyl groups excluding tert-OH is 1. The third kappa shape index (κ3) is 8.02. The summed E-state index contributed by atoms with van der Waals surface area (Å²) in [5.74, 6) is -1.86. The number of amides is 3. The van der Waals surface area contributed by atoms with Crippen LogP contribution in [0.5, 0.6) is 0 Å². The fourth-order valence-electron chi connectivity index (χ4n) is 6.31. The molecule has 2 aliphatic rings. The number of carboxylic acid groups (broad SMARTS) is 1. The molecule has 0 spiro atoms. The van der Waals surface area contributed by atoms with Crippen LogP contribution in [0.15, 0.2) is 54.7 Å². The second-order valence-electron chi connectivity index (χ2n) is 15.2. The molecule has 1 aliphatic carbocycles. The number of urea groups is 1. The highest BCUT2D eigenvalue weighted by molar-refractivity contribution is 6.74. The van der Waals surface area contributed by atoms with Crippen LogP contribution in [0.25, 0.3) is 11.3 Å². The summed E-state index contributed by atoms with van der Waals surface area (Å²) < 4.78 is 54.4. The SMILES string of the molecule is C[C@@H](CO)NC(=O)N(CC1CN(C(=O)O)CC1F)C(c1nc(-c2cc(F)ccc2F)cn1Cc1ccccc1)C1(O[Si](C)(C)C(C)(C)C)CC1. The standard InChI is InChI=1S/C36H48F3N5O5Si/c1-23(22-45)40-33(46)44(19-25-18-43(34(47)48)20-29(25)39)31(36(14-15-36)49-50(5,6)35(2,3)4)32-41-30(27-16-26(37)12-13-28(27)38)21-42(32)17-24-10-8-7-9-11-24/h7-13,16,21,23,25,29,31,45H,14-15,17-20,22H2,1-6H3,(H,40,46)(H,47,48)/t23-,25?,29?,31?/m0/s1.